The lowest BCUT2D eigenvalue weighted by molar-refractivity contribution is 0.290. The molecule has 0 saturated heterocycles. The van der Waals surface area contributed by atoms with E-state index in [0.29, 0.717) is 12.2 Å². The van der Waals surface area contributed by atoms with Gasteiger partial charge in [0.2, 0.25) is 0 Å². The first kappa shape index (κ1) is 16.5. The molecule has 0 bridgehead atoms. The molecule has 0 unspecified atom stereocenters. The molecule has 1 aromatic rings. The predicted octanol–water partition coefficient (Wildman–Crippen LogP) is 4.24. The molecule has 3 nitrogen and oxygen atoms in total. The van der Waals surface area contributed by atoms with Crippen LogP contribution in [0.15, 0.2) is 18.2 Å². The number of nitrogens with one attached hydrogen (secondary N) is 1. The number of halogens is 1. The van der Waals surface area contributed by atoms with Gasteiger partial charge in [-0.05, 0) is 24.6 Å². The minimum atomic E-state index is -0.458. The molecule has 0 aliphatic heterocycles. The van der Waals surface area contributed by atoms with Crippen molar-refractivity contribution in [2.24, 2.45) is 5.73 Å². The van der Waals surface area contributed by atoms with Crippen LogP contribution in [-0.2, 0) is 0 Å². The van der Waals surface area contributed by atoms with Crippen LogP contribution in [0.3, 0.4) is 0 Å². The summed E-state index contributed by atoms with van der Waals surface area (Å²) in [6.45, 7) is 2.74. The first-order valence-electron chi connectivity index (χ1n) is 7.42. The summed E-state index contributed by atoms with van der Waals surface area (Å²) in [7, 11) is 0. The molecule has 0 heterocycles. The molecule has 3 N–H and O–H groups in total. The van der Waals surface area contributed by atoms with E-state index >= 15 is 0 Å². The lowest BCUT2D eigenvalue weighted by atomic mass is 10.1. The van der Waals surface area contributed by atoms with E-state index in [1.54, 1.807) is 6.07 Å². The summed E-state index contributed by atoms with van der Waals surface area (Å²) in [5, 5.41) is 7.23. The zero-order valence-corrected chi connectivity index (χ0v) is 12.3. The fraction of sp³-hybridized carbons (Fsp3) is 0.562. The molecular weight excluding hydrogens is 255 g/mol. The monoisotopic (exact) mass is 280 g/mol. The zero-order chi connectivity index (χ0) is 14.8. The number of rotatable bonds is 10. The van der Waals surface area contributed by atoms with Crippen molar-refractivity contribution in [1.82, 2.24) is 0 Å². The third-order valence-electron chi connectivity index (χ3n) is 3.25. The highest BCUT2D eigenvalue weighted by Gasteiger charge is 2.06. The molecule has 0 fully saturated rings. The van der Waals surface area contributed by atoms with Crippen molar-refractivity contribution >= 4 is 5.84 Å². The van der Waals surface area contributed by atoms with Crippen molar-refractivity contribution < 1.29 is 9.13 Å². The molecule has 0 aliphatic rings. The second-order valence-electron chi connectivity index (χ2n) is 5.03. The molecular formula is C16H25FN2O. The van der Waals surface area contributed by atoms with Crippen LogP contribution in [0.4, 0.5) is 4.39 Å². The van der Waals surface area contributed by atoms with E-state index in [9.17, 15) is 4.39 Å². The number of unbranched alkanes of at least 4 members (excludes halogenated alkanes) is 6. The molecule has 0 aliphatic carbocycles. The Morgan fingerprint density at radius 2 is 1.80 bits per heavy atom. The average molecular weight is 280 g/mol. The van der Waals surface area contributed by atoms with Gasteiger partial charge in [-0.1, -0.05) is 45.4 Å². The molecule has 20 heavy (non-hydrogen) atoms. The summed E-state index contributed by atoms with van der Waals surface area (Å²) in [5.74, 6) is -0.357. The van der Waals surface area contributed by atoms with Crippen LogP contribution in [0.25, 0.3) is 0 Å². The van der Waals surface area contributed by atoms with Gasteiger partial charge in [-0.25, -0.2) is 4.39 Å². The molecule has 1 rings (SSSR count). The Hall–Kier alpha value is -1.58. The Morgan fingerprint density at radius 3 is 2.40 bits per heavy atom. The van der Waals surface area contributed by atoms with Gasteiger partial charge in [0.25, 0.3) is 0 Å². The zero-order valence-electron chi connectivity index (χ0n) is 12.3. The lowest BCUT2D eigenvalue weighted by Gasteiger charge is -2.08. The maximum Gasteiger partial charge on any atom is 0.165 e. The largest absolute Gasteiger partial charge is 0.491 e. The maximum absolute atomic E-state index is 13.6. The lowest BCUT2D eigenvalue weighted by Crippen LogP contribution is -2.11. The number of amidine groups is 1. The van der Waals surface area contributed by atoms with Crippen LogP contribution in [0, 0.1) is 11.2 Å². The highest BCUT2D eigenvalue weighted by atomic mass is 19.1. The molecule has 0 aromatic heterocycles. The first-order valence-corrected chi connectivity index (χ1v) is 7.42. The van der Waals surface area contributed by atoms with Gasteiger partial charge in [-0.2, -0.15) is 0 Å². The maximum atomic E-state index is 13.6. The highest BCUT2D eigenvalue weighted by molar-refractivity contribution is 5.95. The summed E-state index contributed by atoms with van der Waals surface area (Å²) < 4.78 is 19.1. The number of hydrogen-bond donors (Lipinski definition) is 2. The third-order valence-corrected chi connectivity index (χ3v) is 3.25. The van der Waals surface area contributed by atoms with Crippen LogP contribution < -0.4 is 10.5 Å². The summed E-state index contributed by atoms with van der Waals surface area (Å²) in [5.41, 5.74) is 5.68. The smallest absolute Gasteiger partial charge is 0.165 e. The fourth-order valence-electron chi connectivity index (χ4n) is 2.03. The first-order chi connectivity index (χ1) is 9.65. The summed E-state index contributed by atoms with van der Waals surface area (Å²) >= 11 is 0. The van der Waals surface area contributed by atoms with Gasteiger partial charge in [0.05, 0.1) is 6.61 Å². The molecule has 0 saturated carbocycles. The topological polar surface area (TPSA) is 59.1 Å². The number of nitrogen functional groups attached to an aromatic ring is 1. The molecule has 0 spiro atoms. The average Bonchev–Trinajstić information content (AvgIpc) is 2.43. The van der Waals surface area contributed by atoms with E-state index in [2.05, 4.69) is 6.92 Å². The van der Waals surface area contributed by atoms with Gasteiger partial charge in [-0.15, -0.1) is 0 Å². The Bertz CT molecular complexity index is 421. The van der Waals surface area contributed by atoms with Gasteiger partial charge in [0.1, 0.15) is 5.84 Å². The van der Waals surface area contributed by atoms with Gasteiger partial charge in [-0.3, -0.25) is 5.41 Å². The summed E-state index contributed by atoms with van der Waals surface area (Å²) in [4.78, 5) is 0. The summed E-state index contributed by atoms with van der Waals surface area (Å²) in [6, 6.07) is 4.38. The van der Waals surface area contributed by atoms with Crippen molar-refractivity contribution in [3.8, 4) is 5.75 Å². The minimum absolute atomic E-state index is 0.137. The van der Waals surface area contributed by atoms with E-state index in [1.807, 2.05) is 0 Å². The normalized spacial score (nSPS) is 10.5. The molecule has 0 atom stereocenters. The number of benzene rings is 1. The van der Waals surface area contributed by atoms with Gasteiger partial charge < -0.3 is 10.5 Å². The summed E-state index contributed by atoms with van der Waals surface area (Å²) in [6.07, 6.45) is 8.43. The van der Waals surface area contributed by atoms with E-state index in [-0.39, 0.29) is 11.6 Å². The molecule has 1 aromatic carbocycles. The van der Waals surface area contributed by atoms with Crippen LogP contribution in [0.2, 0.25) is 0 Å². The molecule has 0 amide bonds. The molecule has 4 heteroatoms. The number of nitrogens with two attached hydrogens (primary N) is 1. The second kappa shape index (κ2) is 9.34. The van der Waals surface area contributed by atoms with Gasteiger partial charge >= 0.3 is 0 Å². The second-order valence-corrected chi connectivity index (χ2v) is 5.03. The van der Waals surface area contributed by atoms with E-state index in [0.717, 1.165) is 12.8 Å². The van der Waals surface area contributed by atoms with Gasteiger partial charge in [0, 0.05) is 5.56 Å². The van der Waals surface area contributed by atoms with Crippen LogP contribution >= 0.6 is 0 Å². The van der Waals surface area contributed by atoms with E-state index in [1.165, 1.54) is 44.2 Å². The van der Waals surface area contributed by atoms with Crippen molar-refractivity contribution in [2.75, 3.05) is 6.61 Å². The predicted molar refractivity (Wildman–Crippen MR) is 80.9 cm³/mol. The SMILES string of the molecule is CCCCCCCCCOc1ccc(C(=N)N)cc1F. The third kappa shape index (κ3) is 6.04. The fourth-order valence-corrected chi connectivity index (χ4v) is 2.03. The molecule has 0 radical (unpaired) electrons. The van der Waals surface area contributed by atoms with Crippen molar-refractivity contribution in [1.29, 1.82) is 5.41 Å². The standard InChI is InChI=1S/C16H25FN2O/c1-2-3-4-5-6-7-8-11-20-15-10-9-13(16(18)19)12-14(15)17/h9-10,12H,2-8,11H2,1H3,(H3,18,19). The van der Waals surface area contributed by atoms with Crippen molar-refractivity contribution in [3.63, 3.8) is 0 Å². The van der Waals surface area contributed by atoms with Crippen LogP contribution in [0.5, 0.6) is 5.75 Å². The quantitative estimate of drug-likeness (QED) is 0.382. The van der Waals surface area contributed by atoms with E-state index < -0.39 is 5.82 Å². The Kier molecular flexibility index (Phi) is 7.70. The number of ether oxygens (including phenoxy) is 1. The van der Waals surface area contributed by atoms with Crippen molar-refractivity contribution in [3.05, 3.63) is 29.6 Å². The Morgan fingerprint density at radius 1 is 1.15 bits per heavy atom. The minimum Gasteiger partial charge on any atom is -0.491 e. The highest BCUT2D eigenvalue weighted by Crippen LogP contribution is 2.18. The Balaban J connectivity index is 2.20. The number of hydrogen-bond acceptors (Lipinski definition) is 2. The van der Waals surface area contributed by atoms with E-state index in [4.69, 9.17) is 15.9 Å². The molecule has 112 valence electrons. The Labute approximate surface area is 120 Å². The van der Waals surface area contributed by atoms with Crippen LogP contribution in [-0.4, -0.2) is 12.4 Å². The van der Waals surface area contributed by atoms with Crippen molar-refractivity contribution in [2.45, 2.75) is 51.9 Å². The van der Waals surface area contributed by atoms with Gasteiger partial charge in [0.15, 0.2) is 11.6 Å². The van der Waals surface area contributed by atoms with Crippen LogP contribution in [0.1, 0.15) is 57.4 Å².